The van der Waals surface area contributed by atoms with Gasteiger partial charge in [-0.1, -0.05) is 12.2 Å². The number of halogens is 6. The maximum Gasteiger partial charge on any atom is 0.435 e. The van der Waals surface area contributed by atoms with Gasteiger partial charge in [0.15, 0.2) is 5.69 Å². The van der Waals surface area contributed by atoms with Crippen LogP contribution in [0.1, 0.15) is 23.4 Å². The van der Waals surface area contributed by atoms with Gasteiger partial charge in [-0.05, 0) is 6.42 Å². The summed E-state index contributed by atoms with van der Waals surface area (Å²) in [5.74, 6) is 0. The Hall–Kier alpha value is -1.32. The number of aryl methyl sites for hydroxylation is 1. The van der Waals surface area contributed by atoms with E-state index in [0.29, 0.717) is 0 Å². The number of hydrogen-bond acceptors (Lipinski definition) is 2. The van der Waals surface area contributed by atoms with Crippen molar-refractivity contribution in [2.45, 2.75) is 25.2 Å². The minimum absolute atomic E-state index is 0.162. The highest BCUT2D eigenvalue weighted by molar-refractivity contribution is 7.80. The quantitative estimate of drug-likeness (QED) is 0.690. The molecule has 108 valence electrons. The Kier molecular flexibility index (Phi) is 4.13. The molecule has 1 aromatic heterocycles. The zero-order valence-corrected chi connectivity index (χ0v) is 10.4. The molecule has 0 spiro atoms. The van der Waals surface area contributed by atoms with Crippen molar-refractivity contribution < 1.29 is 26.3 Å². The lowest BCUT2D eigenvalue weighted by atomic mass is 10.1. The SMILES string of the molecule is Cn1nc(C(F)(F)F)c(CCC(N)=S)c1C(F)(F)F. The zero-order chi connectivity index (χ0) is 15.0. The maximum absolute atomic E-state index is 12.7. The van der Waals surface area contributed by atoms with Crippen molar-refractivity contribution in [1.82, 2.24) is 9.78 Å². The van der Waals surface area contributed by atoms with Crippen LogP contribution in [0.25, 0.3) is 0 Å². The van der Waals surface area contributed by atoms with Crippen LogP contribution < -0.4 is 5.73 Å². The molecular formula is C9H9F6N3S. The Labute approximate surface area is 109 Å². The molecule has 0 unspecified atom stereocenters. The molecule has 0 atom stereocenters. The Bertz CT molecular complexity index is 487. The fraction of sp³-hybridized carbons (Fsp3) is 0.556. The van der Waals surface area contributed by atoms with Gasteiger partial charge in [0, 0.05) is 19.0 Å². The minimum Gasteiger partial charge on any atom is -0.393 e. The molecule has 0 radical (unpaired) electrons. The third-order valence-corrected chi connectivity index (χ3v) is 2.51. The van der Waals surface area contributed by atoms with Crippen LogP contribution in [0.2, 0.25) is 0 Å². The van der Waals surface area contributed by atoms with Crippen molar-refractivity contribution in [3.8, 4) is 0 Å². The summed E-state index contributed by atoms with van der Waals surface area (Å²) in [6, 6.07) is 0. The minimum atomic E-state index is -4.97. The van der Waals surface area contributed by atoms with Crippen molar-refractivity contribution >= 4 is 17.2 Å². The molecule has 0 saturated carbocycles. The summed E-state index contributed by atoms with van der Waals surface area (Å²) in [5, 5.41) is 2.91. The summed E-state index contributed by atoms with van der Waals surface area (Å²) >= 11 is 4.46. The summed E-state index contributed by atoms with van der Waals surface area (Å²) in [4.78, 5) is -0.162. The molecular weight excluding hydrogens is 296 g/mol. The number of alkyl halides is 6. The summed E-state index contributed by atoms with van der Waals surface area (Å²) in [6.07, 6.45) is -10.7. The highest BCUT2D eigenvalue weighted by Gasteiger charge is 2.45. The second-order valence-corrected chi connectivity index (χ2v) is 4.29. The van der Waals surface area contributed by atoms with Crippen LogP contribution in [0.4, 0.5) is 26.3 Å². The zero-order valence-electron chi connectivity index (χ0n) is 9.56. The van der Waals surface area contributed by atoms with Crippen LogP contribution in [0.3, 0.4) is 0 Å². The Morgan fingerprint density at radius 1 is 1.21 bits per heavy atom. The number of nitrogens with zero attached hydrogens (tertiary/aromatic N) is 2. The Morgan fingerprint density at radius 2 is 1.74 bits per heavy atom. The summed E-state index contributed by atoms with van der Waals surface area (Å²) in [6.45, 7) is 0. The van der Waals surface area contributed by atoms with Crippen molar-refractivity contribution in [2.75, 3.05) is 0 Å². The topological polar surface area (TPSA) is 43.8 Å². The molecule has 0 aliphatic heterocycles. The van der Waals surface area contributed by atoms with Crippen LogP contribution in [0.5, 0.6) is 0 Å². The average molecular weight is 305 g/mol. The van der Waals surface area contributed by atoms with Gasteiger partial charge in [-0.3, -0.25) is 4.68 Å². The second-order valence-electron chi connectivity index (χ2n) is 3.76. The van der Waals surface area contributed by atoms with E-state index in [4.69, 9.17) is 5.73 Å². The first-order chi connectivity index (χ1) is 8.44. The highest BCUT2D eigenvalue weighted by atomic mass is 32.1. The lowest BCUT2D eigenvalue weighted by Gasteiger charge is -2.11. The molecule has 10 heteroatoms. The van der Waals surface area contributed by atoms with Crippen LogP contribution in [-0.4, -0.2) is 14.8 Å². The molecule has 1 rings (SSSR count). The molecule has 0 amide bonds. The van der Waals surface area contributed by atoms with Gasteiger partial charge in [0.05, 0.1) is 4.99 Å². The number of thiocarbonyl (C=S) groups is 1. The molecule has 19 heavy (non-hydrogen) atoms. The van der Waals surface area contributed by atoms with Crippen LogP contribution in [0.15, 0.2) is 0 Å². The number of hydrogen-bond donors (Lipinski definition) is 1. The normalized spacial score (nSPS) is 12.8. The molecule has 0 saturated heterocycles. The van der Waals surface area contributed by atoms with Gasteiger partial charge >= 0.3 is 12.4 Å². The third kappa shape index (κ3) is 3.58. The molecule has 2 N–H and O–H groups in total. The molecule has 0 aromatic carbocycles. The van der Waals surface area contributed by atoms with E-state index < -0.39 is 35.7 Å². The summed E-state index contributed by atoms with van der Waals surface area (Å²) in [5.41, 5.74) is 1.18. The molecule has 0 aliphatic carbocycles. The Morgan fingerprint density at radius 3 is 2.11 bits per heavy atom. The fourth-order valence-electron chi connectivity index (χ4n) is 1.64. The Balaban J connectivity index is 3.38. The predicted octanol–water partition coefficient (Wildman–Crippen LogP) is 2.68. The molecule has 0 aliphatic rings. The van der Waals surface area contributed by atoms with E-state index in [1.54, 1.807) is 0 Å². The van der Waals surface area contributed by atoms with Gasteiger partial charge in [-0.25, -0.2) is 0 Å². The molecule has 0 fully saturated rings. The van der Waals surface area contributed by atoms with Crippen LogP contribution in [0, 0.1) is 0 Å². The maximum atomic E-state index is 12.7. The van der Waals surface area contributed by atoms with Crippen LogP contribution in [-0.2, 0) is 25.8 Å². The van der Waals surface area contributed by atoms with Gasteiger partial charge in [0.25, 0.3) is 0 Å². The van der Waals surface area contributed by atoms with Crippen LogP contribution >= 0.6 is 12.2 Å². The van der Waals surface area contributed by atoms with Crippen molar-refractivity contribution in [3.63, 3.8) is 0 Å². The number of rotatable bonds is 3. The standard InChI is InChI=1S/C9H9F6N3S/c1-18-7(9(13,14)15)4(2-3-5(16)19)6(17-18)8(10,11)12/h2-3H2,1H3,(H2,16,19). The van der Waals surface area contributed by atoms with Crippen molar-refractivity contribution in [3.05, 3.63) is 17.0 Å². The van der Waals surface area contributed by atoms with E-state index in [1.807, 2.05) is 0 Å². The van der Waals surface area contributed by atoms with E-state index in [9.17, 15) is 26.3 Å². The smallest absolute Gasteiger partial charge is 0.393 e. The first-order valence-corrected chi connectivity index (χ1v) is 5.34. The predicted molar refractivity (Wildman–Crippen MR) is 58.3 cm³/mol. The lowest BCUT2D eigenvalue weighted by molar-refractivity contribution is -0.145. The number of nitrogens with two attached hydrogens (primary N) is 1. The summed E-state index contributed by atoms with van der Waals surface area (Å²) in [7, 11) is 0.808. The van der Waals surface area contributed by atoms with E-state index in [1.165, 1.54) is 0 Å². The van der Waals surface area contributed by atoms with Crippen molar-refractivity contribution in [2.24, 2.45) is 12.8 Å². The largest absolute Gasteiger partial charge is 0.435 e. The lowest BCUT2D eigenvalue weighted by Crippen LogP contribution is -2.17. The molecule has 1 heterocycles. The first-order valence-electron chi connectivity index (χ1n) is 4.93. The monoisotopic (exact) mass is 305 g/mol. The first kappa shape index (κ1) is 15.7. The average Bonchev–Trinajstić information content (AvgIpc) is 2.50. The summed E-state index contributed by atoms with van der Waals surface area (Å²) < 4.78 is 76.3. The van der Waals surface area contributed by atoms with Crippen molar-refractivity contribution in [1.29, 1.82) is 0 Å². The molecule has 0 bridgehead atoms. The van der Waals surface area contributed by atoms with Gasteiger partial charge in [-0.2, -0.15) is 31.4 Å². The van der Waals surface area contributed by atoms with Gasteiger partial charge in [-0.15, -0.1) is 0 Å². The molecule has 3 nitrogen and oxygen atoms in total. The highest BCUT2D eigenvalue weighted by Crippen LogP contribution is 2.39. The molecule has 1 aromatic rings. The fourth-order valence-corrected chi connectivity index (χ4v) is 1.74. The van der Waals surface area contributed by atoms with E-state index >= 15 is 0 Å². The van der Waals surface area contributed by atoms with E-state index in [0.717, 1.165) is 7.05 Å². The van der Waals surface area contributed by atoms with E-state index in [2.05, 4.69) is 17.3 Å². The number of aromatic nitrogens is 2. The van der Waals surface area contributed by atoms with Gasteiger partial charge in [0.2, 0.25) is 0 Å². The van der Waals surface area contributed by atoms with Gasteiger partial charge in [0.1, 0.15) is 5.69 Å². The van der Waals surface area contributed by atoms with E-state index in [-0.39, 0.29) is 16.1 Å². The van der Waals surface area contributed by atoms with Gasteiger partial charge < -0.3 is 5.73 Å². The third-order valence-electron chi connectivity index (χ3n) is 2.30. The second kappa shape index (κ2) is 4.99.